The molecule has 1 amide bonds. The lowest BCUT2D eigenvalue weighted by molar-refractivity contribution is -0.131. The first-order valence-corrected chi connectivity index (χ1v) is 6.80. The van der Waals surface area contributed by atoms with E-state index < -0.39 is 17.7 Å². The van der Waals surface area contributed by atoms with Gasteiger partial charge in [-0.25, -0.2) is 9.18 Å². The molecule has 0 aliphatic rings. The average Bonchev–Trinajstić information content (AvgIpc) is 2.96. The van der Waals surface area contributed by atoms with Gasteiger partial charge in [0.15, 0.2) is 0 Å². The van der Waals surface area contributed by atoms with Crippen molar-refractivity contribution in [2.75, 3.05) is 0 Å². The van der Waals surface area contributed by atoms with E-state index in [0.29, 0.717) is 5.56 Å². The van der Waals surface area contributed by atoms with Gasteiger partial charge >= 0.3 is 5.97 Å². The van der Waals surface area contributed by atoms with Gasteiger partial charge in [-0.1, -0.05) is 6.07 Å². The Morgan fingerprint density at radius 1 is 1.43 bits per heavy atom. The Kier molecular flexibility index (Phi) is 4.78. The number of hydrogen-bond donors (Lipinski definition) is 2. The summed E-state index contributed by atoms with van der Waals surface area (Å²) in [6.45, 7) is 0.281. The molecule has 2 N–H and O–H groups in total. The second kappa shape index (κ2) is 6.76. The number of halogens is 1. The third-order valence-electron chi connectivity index (χ3n) is 2.56. The maximum atomic E-state index is 13.8. The molecule has 0 aliphatic carbocycles. The quantitative estimate of drug-likeness (QED) is 0.831. The average molecular weight is 306 g/mol. The molecule has 5 nitrogen and oxygen atoms in total. The largest absolute Gasteiger partial charge is 0.478 e. The Labute approximate surface area is 123 Å². The Morgan fingerprint density at radius 3 is 2.86 bits per heavy atom. The number of benzene rings is 1. The molecule has 2 aromatic rings. The van der Waals surface area contributed by atoms with Crippen LogP contribution < -0.4 is 5.32 Å². The number of carboxylic acid groups (broad SMARTS) is 1. The van der Waals surface area contributed by atoms with Crippen molar-refractivity contribution in [3.8, 4) is 0 Å². The first kappa shape index (κ1) is 14.9. The van der Waals surface area contributed by atoms with E-state index in [4.69, 9.17) is 5.11 Å². The van der Waals surface area contributed by atoms with Gasteiger partial charge in [-0.2, -0.15) is 0 Å². The highest BCUT2D eigenvalue weighted by Gasteiger charge is 2.11. The molecule has 0 fully saturated rings. The van der Waals surface area contributed by atoms with E-state index in [2.05, 4.69) is 10.3 Å². The number of rotatable bonds is 5. The molecule has 2 rings (SSSR count). The Balaban J connectivity index is 2.05. The number of thiazole rings is 1. The summed E-state index contributed by atoms with van der Waals surface area (Å²) < 4.78 is 13.8. The second-order valence-corrected chi connectivity index (χ2v) is 5.03. The van der Waals surface area contributed by atoms with Gasteiger partial charge in [-0.15, -0.1) is 11.3 Å². The van der Waals surface area contributed by atoms with Gasteiger partial charge in [0.1, 0.15) is 5.82 Å². The molecule has 0 saturated carbocycles. The molecule has 0 spiro atoms. The highest BCUT2D eigenvalue weighted by atomic mass is 32.1. The Hall–Kier alpha value is -2.54. The monoisotopic (exact) mass is 306 g/mol. The zero-order valence-electron chi connectivity index (χ0n) is 10.7. The van der Waals surface area contributed by atoms with Gasteiger partial charge in [-0.3, -0.25) is 9.78 Å². The SMILES string of the molecule is O=C(O)/C=C/c1ccc(C(=O)NCc2cncs2)c(F)c1. The molecule has 0 saturated heterocycles. The van der Waals surface area contributed by atoms with Crippen molar-refractivity contribution >= 4 is 29.3 Å². The van der Waals surface area contributed by atoms with Crippen LogP contribution in [0, 0.1) is 5.82 Å². The van der Waals surface area contributed by atoms with Crippen LogP contribution in [0.2, 0.25) is 0 Å². The zero-order valence-corrected chi connectivity index (χ0v) is 11.6. The Bertz CT molecular complexity index is 684. The molecule has 0 bridgehead atoms. The van der Waals surface area contributed by atoms with Crippen molar-refractivity contribution in [1.29, 1.82) is 0 Å². The van der Waals surface area contributed by atoms with E-state index in [1.165, 1.54) is 29.5 Å². The number of amides is 1. The van der Waals surface area contributed by atoms with E-state index in [1.54, 1.807) is 11.7 Å². The molecule has 1 aromatic heterocycles. The molecule has 7 heteroatoms. The molecular formula is C14H11FN2O3S. The third-order valence-corrected chi connectivity index (χ3v) is 3.34. The summed E-state index contributed by atoms with van der Waals surface area (Å²) in [5.41, 5.74) is 1.92. The topological polar surface area (TPSA) is 79.3 Å². The highest BCUT2D eigenvalue weighted by molar-refractivity contribution is 7.09. The van der Waals surface area contributed by atoms with Crippen LogP contribution in [-0.4, -0.2) is 22.0 Å². The Morgan fingerprint density at radius 2 is 2.24 bits per heavy atom. The van der Waals surface area contributed by atoms with E-state index in [1.807, 2.05) is 0 Å². The van der Waals surface area contributed by atoms with E-state index in [0.717, 1.165) is 17.0 Å². The molecule has 1 aromatic carbocycles. The molecule has 1 heterocycles. The molecule has 0 unspecified atom stereocenters. The van der Waals surface area contributed by atoms with Crippen LogP contribution in [0.5, 0.6) is 0 Å². The maximum absolute atomic E-state index is 13.8. The minimum Gasteiger partial charge on any atom is -0.478 e. The van der Waals surface area contributed by atoms with Crippen LogP contribution in [0.1, 0.15) is 20.8 Å². The van der Waals surface area contributed by atoms with Gasteiger partial charge in [0.25, 0.3) is 5.91 Å². The van der Waals surface area contributed by atoms with E-state index >= 15 is 0 Å². The van der Waals surface area contributed by atoms with Crippen LogP contribution in [-0.2, 0) is 11.3 Å². The number of aromatic nitrogens is 1. The van der Waals surface area contributed by atoms with Gasteiger partial charge in [0.05, 0.1) is 17.6 Å². The van der Waals surface area contributed by atoms with Gasteiger partial charge in [0, 0.05) is 17.2 Å². The summed E-state index contributed by atoms with van der Waals surface area (Å²) in [6, 6.07) is 3.91. The molecule has 108 valence electrons. The van der Waals surface area contributed by atoms with Crippen LogP contribution >= 0.6 is 11.3 Å². The van der Waals surface area contributed by atoms with Gasteiger partial charge < -0.3 is 10.4 Å². The lowest BCUT2D eigenvalue weighted by atomic mass is 10.1. The van der Waals surface area contributed by atoms with E-state index in [-0.39, 0.29) is 12.1 Å². The van der Waals surface area contributed by atoms with Crippen LogP contribution in [0.25, 0.3) is 6.08 Å². The fourth-order valence-corrected chi connectivity index (χ4v) is 2.11. The molecule has 0 radical (unpaired) electrons. The van der Waals surface area contributed by atoms with Crippen molar-refractivity contribution in [3.05, 3.63) is 57.8 Å². The molecule has 0 atom stereocenters. The number of carbonyl (C=O) groups is 2. The predicted octanol–water partition coefficient (Wildman–Crippen LogP) is 2.31. The fraction of sp³-hybridized carbons (Fsp3) is 0.0714. The number of nitrogens with one attached hydrogen (secondary N) is 1. The van der Waals surface area contributed by atoms with Crippen molar-refractivity contribution in [2.24, 2.45) is 0 Å². The second-order valence-electron chi connectivity index (χ2n) is 4.06. The molecule has 21 heavy (non-hydrogen) atoms. The number of aliphatic carboxylic acids is 1. The van der Waals surface area contributed by atoms with Crippen LogP contribution in [0.15, 0.2) is 36.0 Å². The predicted molar refractivity (Wildman–Crippen MR) is 76.4 cm³/mol. The van der Waals surface area contributed by atoms with Crippen molar-refractivity contribution < 1.29 is 19.1 Å². The minimum absolute atomic E-state index is 0.0907. The zero-order chi connectivity index (χ0) is 15.2. The third kappa shape index (κ3) is 4.22. The lowest BCUT2D eigenvalue weighted by Gasteiger charge is -2.05. The summed E-state index contributed by atoms with van der Waals surface area (Å²) in [6.07, 6.45) is 3.78. The summed E-state index contributed by atoms with van der Waals surface area (Å²) >= 11 is 1.39. The van der Waals surface area contributed by atoms with E-state index in [9.17, 15) is 14.0 Å². The number of carboxylic acids is 1. The first-order chi connectivity index (χ1) is 10.1. The van der Waals surface area contributed by atoms with Crippen molar-refractivity contribution in [3.63, 3.8) is 0 Å². The first-order valence-electron chi connectivity index (χ1n) is 5.92. The van der Waals surface area contributed by atoms with Crippen molar-refractivity contribution in [1.82, 2.24) is 10.3 Å². The number of carbonyl (C=O) groups excluding carboxylic acids is 1. The standard InChI is InChI=1S/C14H11FN2O3S/c15-12-5-9(2-4-13(18)19)1-3-11(12)14(20)17-7-10-6-16-8-21-10/h1-6,8H,7H2,(H,17,20)(H,18,19)/b4-2+. The summed E-state index contributed by atoms with van der Waals surface area (Å²) in [4.78, 5) is 27.0. The van der Waals surface area contributed by atoms with Gasteiger partial charge in [-0.05, 0) is 23.8 Å². The maximum Gasteiger partial charge on any atom is 0.328 e. The molecular weight excluding hydrogens is 295 g/mol. The molecule has 0 aliphatic heterocycles. The van der Waals surface area contributed by atoms with Crippen LogP contribution in [0.4, 0.5) is 4.39 Å². The minimum atomic E-state index is -1.12. The summed E-state index contributed by atoms with van der Waals surface area (Å²) in [5.74, 6) is -2.36. The fourth-order valence-electron chi connectivity index (χ4n) is 1.58. The lowest BCUT2D eigenvalue weighted by Crippen LogP contribution is -2.23. The highest BCUT2D eigenvalue weighted by Crippen LogP contribution is 2.12. The normalized spacial score (nSPS) is 10.7. The van der Waals surface area contributed by atoms with Gasteiger partial charge in [0.2, 0.25) is 0 Å². The summed E-state index contributed by atoms with van der Waals surface area (Å²) in [5, 5.41) is 11.1. The number of nitrogens with zero attached hydrogens (tertiary/aromatic N) is 1. The van der Waals surface area contributed by atoms with Crippen molar-refractivity contribution in [2.45, 2.75) is 6.54 Å². The number of hydrogen-bond acceptors (Lipinski definition) is 4. The summed E-state index contributed by atoms with van der Waals surface area (Å²) in [7, 11) is 0. The van der Waals surface area contributed by atoms with Crippen LogP contribution in [0.3, 0.4) is 0 Å². The smallest absolute Gasteiger partial charge is 0.328 e.